The van der Waals surface area contributed by atoms with Crippen molar-refractivity contribution in [2.45, 2.75) is 24.5 Å². The fourth-order valence-electron chi connectivity index (χ4n) is 1.49. The molecule has 142 valence electrons. The molecule has 25 heavy (non-hydrogen) atoms. The van der Waals surface area contributed by atoms with E-state index in [4.69, 9.17) is 26.8 Å². The minimum Gasteiger partial charge on any atom is -0.480 e. The van der Waals surface area contributed by atoms with Crippen LogP contribution < -0.4 is 27.4 Å². The van der Waals surface area contributed by atoms with E-state index in [1.807, 2.05) is 5.32 Å². The Morgan fingerprint density at radius 1 is 0.920 bits per heavy atom. The second-order valence-electron chi connectivity index (χ2n) is 4.88. The SMILES string of the molecule is NC(=O)CC(NC(=O)C(N)CO)C(=O)NCC(=O)NC(CO)C(=O)O. The lowest BCUT2D eigenvalue weighted by atomic mass is 10.1. The topological polar surface area (TPSA) is 234 Å². The van der Waals surface area contributed by atoms with Gasteiger partial charge in [0.15, 0.2) is 0 Å². The number of hydrogen-bond donors (Lipinski definition) is 8. The number of aliphatic hydroxyl groups is 2. The van der Waals surface area contributed by atoms with Gasteiger partial charge >= 0.3 is 5.97 Å². The molecule has 0 aliphatic rings. The molecular formula is C12H21N5O8. The number of amides is 4. The van der Waals surface area contributed by atoms with Crippen molar-refractivity contribution >= 4 is 29.6 Å². The van der Waals surface area contributed by atoms with Crippen molar-refractivity contribution in [3.05, 3.63) is 0 Å². The van der Waals surface area contributed by atoms with Crippen LogP contribution >= 0.6 is 0 Å². The summed E-state index contributed by atoms with van der Waals surface area (Å²) in [5, 5.41) is 32.3. The van der Waals surface area contributed by atoms with Crippen molar-refractivity contribution in [3.63, 3.8) is 0 Å². The Labute approximate surface area is 141 Å². The first kappa shape index (κ1) is 22.2. The summed E-state index contributed by atoms with van der Waals surface area (Å²) in [6, 6.07) is -4.32. The highest BCUT2D eigenvalue weighted by Crippen LogP contribution is 1.94. The average Bonchev–Trinajstić information content (AvgIpc) is 2.55. The predicted molar refractivity (Wildman–Crippen MR) is 80.5 cm³/mol. The first-order valence-electron chi connectivity index (χ1n) is 6.98. The van der Waals surface area contributed by atoms with Crippen LogP contribution in [0.3, 0.4) is 0 Å². The molecule has 0 spiro atoms. The third kappa shape index (κ3) is 8.59. The molecule has 0 rings (SSSR count). The largest absolute Gasteiger partial charge is 0.480 e. The van der Waals surface area contributed by atoms with Crippen molar-refractivity contribution in [1.82, 2.24) is 16.0 Å². The van der Waals surface area contributed by atoms with Gasteiger partial charge in [0.05, 0.1) is 26.2 Å². The van der Waals surface area contributed by atoms with Crippen LogP contribution in [0.2, 0.25) is 0 Å². The number of nitrogens with one attached hydrogen (secondary N) is 3. The molecule has 0 radical (unpaired) electrons. The zero-order chi connectivity index (χ0) is 19.6. The first-order chi connectivity index (χ1) is 11.6. The molecule has 0 saturated heterocycles. The van der Waals surface area contributed by atoms with Crippen LogP contribution in [-0.4, -0.2) is 82.8 Å². The fraction of sp³-hybridized carbons (Fsp3) is 0.583. The Morgan fingerprint density at radius 3 is 1.96 bits per heavy atom. The first-order valence-corrected chi connectivity index (χ1v) is 6.98. The summed E-state index contributed by atoms with van der Waals surface area (Å²) < 4.78 is 0. The van der Waals surface area contributed by atoms with Gasteiger partial charge in [0, 0.05) is 0 Å². The zero-order valence-electron chi connectivity index (χ0n) is 13.1. The lowest BCUT2D eigenvalue weighted by Gasteiger charge is -2.19. The number of carbonyl (C=O) groups is 5. The Morgan fingerprint density at radius 2 is 1.52 bits per heavy atom. The normalized spacial score (nSPS) is 13.9. The van der Waals surface area contributed by atoms with E-state index >= 15 is 0 Å². The monoisotopic (exact) mass is 363 g/mol. The molecule has 0 bridgehead atoms. The van der Waals surface area contributed by atoms with Crippen molar-refractivity contribution in [1.29, 1.82) is 0 Å². The van der Waals surface area contributed by atoms with E-state index in [1.54, 1.807) is 0 Å². The lowest BCUT2D eigenvalue weighted by Crippen LogP contribution is -2.55. The molecule has 4 amide bonds. The molecular weight excluding hydrogens is 342 g/mol. The van der Waals surface area contributed by atoms with E-state index in [0.717, 1.165) is 0 Å². The van der Waals surface area contributed by atoms with Gasteiger partial charge in [0.25, 0.3) is 0 Å². The van der Waals surface area contributed by atoms with Crippen LogP contribution in [0.25, 0.3) is 0 Å². The average molecular weight is 363 g/mol. The molecule has 0 heterocycles. The lowest BCUT2D eigenvalue weighted by molar-refractivity contribution is -0.143. The minimum absolute atomic E-state index is 0.592. The smallest absolute Gasteiger partial charge is 0.328 e. The van der Waals surface area contributed by atoms with Crippen molar-refractivity contribution in [2.24, 2.45) is 11.5 Å². The molecule has 0 aromatic carbocycles. The summed E-state index contributed by atoms with van der Waals surface area (Å²) in [4.78, 5) is 56.6. The Kier molecular flexibility index (Phi) is 9.69. The van der Waals surface area contributed by atoms with Crippen LogP contribution in [0.5, 0.6) is 0 Å². The van der Waals surface area contributed by atoms with E-state index in [9.17, 15) is 24.0 Å². The van der Waals surface area contributed by atoms with Gasteiger partial charge in [-0.3, -0.25) is 19.2 Å². The van der Waals surface area contributed by atoms with Gasteiger partial charge in [-0.15, -0.1) is 0 Å². The van der Waals surface area contributed by atoms with Crippen LogP contribution in [0.1, 0.15) is 6.42 Å². The number of carboxylic acids is 1. The number of primary amides is 1. The van der Waals surface area contributed by atoms with Crippen molar-refractivity contribution in [2.75, 3.05) is 19.8 Å². The van der Waals surface area contributed by atoms with Crippen molar-refractivity contribution in [3.8, 4) is 0 Å². The maximum atomic E-state index is 11.9. The summed E-state index contributed by atoms with van der Waals surface area (Å²) >= 11 is 0. The second-order valence-corrected chi connectivity index (χ2v) is 4.88. The predicted octanol–water partition coefficient (Wildman–Crippen LogP) is -5.66. The zero-order valence-corrected chi connectivity index (χ0v) is 13.1. The number of aliphatic carboxylic acids is 1. The number of aliphatic hydroxyl groups excluding tert-OH is 2. The van der Waals surface area contributed by atoms with Gasteiger partial charge in [0.2, 0.25) is 23.6 Å². The van der Waals surface area contributed by atoms with Crippen LogP contribution in [-0.2, 0) is 24.0 Å². The molecule has 3 atom stereocenters. The number of hydrogen-bond acceptors (Lipinski definition) is 8. The standard InChI is InChI=1S/C12H21N5O8/c13-5(3-18)10(22)17-6(1-8(14)20)11(23)15-2-9(21)16-7(4-19)12(24)25/h5-7,18-19H,1-4,13H2,(H2,14,20)(H,15,23)(H,16,21)(H,17,22)(H,24,25). The minimum atomic E-state index is -1.55. The number of carbonyl (C=O) groups excluding carboxylic acids is 4. The highest BCUT2D eigenvalue weighted by molar-refractivity contribution is 5.95. The number of carboxylic acid groups (broad SMARTS) is 1. The molecule has 0 aliphatic carbocycles. The number of rotatable bonds is 11. The third-order valence-corrected chi connectivity index (χ3v) is 2.81. The van der Waals surface area contributed by atoms with E-state index < -0.39 is 73.9 Å². The summed E-state index contributed by atoms with van der Waals surface area (Å²) in [5.74, 6) is -5.19. The molecule has 10 N–H and O–H groups in total. The molecule has 3 unspecified atom stereocenters. The van der Waals surface area contributed by atoms with Gasteiger partial charge in [-0.2, -0.15) is 0 Å². The van der Waals surface area contributed by atoms with Gasteiger partial charge in [-0.05, 0) is 0 Å². The maximum absolute atomic E-state index is 11.9. The van der Waals surface area contributed by atoms with Gasteiger partial charge in [-0.1, -0.05) is 0 Å². The third-order valence-electron chi connectivity index (χ3n) is 2.81. The summed E-state index contributed by atoms with van der Waals surface area (Å²) in [6.45, 7) is -2.23. The Hall–Kier alpha value is -2.77. The quantitative estimate of drug-likeness (QED) is 0.174. The molecule has 0 aromatic rings. The van der Waals surface area contributed by atoms with E-state index in [-0.39, 0.29) is 0 Å². The van der Waals surface area contributed by atoms with Gasteiger partial charge < -0.3 is 42.7 Å². The molecule has 13 nitrogen and oxygen atoms in total. The second kappa shape index (κ2) is 10.9. The van der Waals surface area contributed by atoms with E-state index in [1.165, 1.54) is 0 Å². The Bertz CT molecular complexity index is 526. The van der Waals surface area contributed by atoms with Crippen LogP contribution in [0.4, 0.5) is 0 Å². The van der Waals surface area contributed by atoms with E-state index in [0.29, 0.717) is 0 Å². The summed E-state index contributed by atoms with van der Waals surface area (Å²) in [5.41, 5.74) is 10.2. The van der Waals surface area contributed by atoms with Crippen molar-refractivity contribution < 1.29 is 39.3 Å². The van der Waals surface area contributed by atoms with Crippen LogP contribution in [0, 0.1) is 0 Å². The van der Waals surface area contributed by atoms with Crippen LogP contribution in [0.15, 0.2) is 0 Å². The molecule has 0 aromatic heterocycles. The van der Waals surface area contributed by atoms with Gasteiger partial charge in [0.1, 0.15) is 18.1 Å². The maximum Gasteiger partial charge on any atom is 0.328 e. The highest BCUT2D eigenvalue weighted by Gasteiger charge is 2.26. The fourth-order valence-corrected chi connectivity index (χ4v) is 1.49. The highest BCUT2D eigenvalue weighted by atomic mass is 16.4. The molecule has 0 aliphatic heterocycles. The molecule has 0 fully saturated rings. The summed E-state index contributed by atoms with van der Waals surface area (Å²) in [6.07, 6.45) is -0.592. The number of nitrogens with two attached hydrogens (primary N) is 2. The molecule has 13 heteroatoms. The molecule has 0 saturated carbocycles. The summed E-state index contributed by atoms with van der Waals surface area (Å²) in [7, 11) is 0. The van der Waals surface area contributed by atoms with E-state index in [2.05, 4.69) is 10.6 Å². The Balaban J connectivity index is 4.71. The van der Waals surface area contributed by atoms with Gasteiger partial charge in [-0.25, -0.2) is 4.79 Å².